The summed E-state index contributed by atoms with van der Waals surface area (Å²) >= 11 is 0. The van der Waals surface area contributed by atoms with E-state index in [9.17, 15) is 20.1 Å². The molecule has 0 amide bonds. The number of terminal acetylenes is 1. The molecule has 0 aromatic carbocycles. The van der Waals surface area contributed by atoms with Crippen molar-refractivity contribution in [1.29, 1.82) is 0 Å². The van der Waals surface area contributed by atoms with Crippen LogP contribution in [0.5, 0.6) is 0 Å². The molecule has 4 rings (SSSR count). The zero-order valence-corrected chi connectivity index (χ0v) is 17.1. The second-order valence-corrected chi connectivity index (χ2v) is 9.95. The predicted octanol–water partition coefficient (Wildman–Crippen LogP) is 3.10. The molecule has 0 radical (unpaired) electrons. The lowest BCUT2D eigenvalue weighted by molar-refractivity contribution is -0.163. The first-order valence-electron chi connectivity index (χ1n) is 10.6. The Morgan fingerprint density at radius 1 is 1.21 bits per heavy atom. The van der Waals surface area contributed by atoms with E-state index in [0.717, 1.165) is 37.7 Å². The molecule has 4 aliphatic carbocycles. The fourth-order valence-electron chi connectivity index (χ4n) is 7.42. The Hall–Kier alpha value is -1.51. The molecule has 3 saturated carbocycles. The number of aliphatic hydroxyl groups excluding tert-OH is 2. The lowest BCUT2D eigenvalue weighted by Crippen LogP contribution is -2.56. The summed E-state index contributed by atoms with van der Waals surface area (Å²) in [6.07, 6.45) is 9.78. The molecule has 0 heterocycles. The molecule has 8 atom stereocenters. The van der Waals surface area contributed by atoms with Crippen LogP contribution in [0.4, 0.5) is 0 Å². The van der Waals surface area contributed by atoms with E-state index in [1.54, 1.807) is 0 Å². The Kier molecular flexibility index (Phi) is 4.41. The predicted molar refractivity (Wildman–Crippen MR) is 104 cm³/mol. The number of aliphatic hydroxyl groups is 3. The number of carbonyl (C=O) groups excluding carboxylic acids is 1. The molecule has 0 spiro atoms. The zero-order valence-electron chi connectivity index (χ0n) is 17.1. The summed E-state index contributed by atoms with van der Waals surface area (Å²) in [5.74, 6) is 3.28. The number of allylic oxidation sites excluding steroid dienone is 1. The minimum absolute atomic E-state index is 0.124. The van der Waals surface area contributed by atoms with Gasteiger partial charge in [-0.05, 0) is 73.7 Å². The molecule has 3 fully saturated rings. The van der Waals surface area contributed by atoms with Crippen molar-refractivity contribution in [2.75, 3.05) is 0 Å². The maximum Gasteiger partial charge on any atom is 0.303 e. The Morgan fingerprint density at radius 3 is 2.57 bits per heavy atom. The quantitative estimate of drug-likeness (QED) is 0.475. The lowest BCUT2D eigenvalue weighted by Gasteiger charge is -2.58. The number of rotatable bonds is 1. The van der Waals surface area contributed by atoms with E-state index in [0.29, 0.717) is 24.7 Å². The molecule has 0 aromatic heterocycles. The average Bonchev–Trinajstić information content (AvgIpc) is 2.86. The van der Waals surface area contributed by atoms with Crippen molar-refractivity contribution in [2.24, 2.45) is 28.6 Å². The first kappa shape index (κ1) is 19.8. The van der Waals surface area contributed by atoms with Crippen LogP contribution in [0, 0.1) is 40.9 Å². The van der Waals surface area contributed by atoms with E-state index < -0.39 is 29.2 Å². The average molecular weight is 389 g/mol. The van der Waals surface area contributed by atoms with Crippen LogP contribution in [0.3, 0.4) is 0 Å². The highest BCUT2D eigenvalue weighted by atomic mass is 16.6. The van der Waals surface area contributed by atoms with Crippen LogP contribution in [-0.4, -0.2) is 39.1 Å². The van der Waals surface area contributed by atoms with Gasteiger partial charge in [0.05, 0.1) is 0 Å². The maximum atomic E-state index is 11.6. The van der Waals surface area contributed by atoms with Crippen molar-refractivity contribution in [1.82, 2.24) is 0 Å². The molecule has 5 nitrogen and oxygen atoms in total. The number of ether oxygens (including phenoxy) is 1. The van der Waals surface area contributed by atoms with Gasteiger partial charge in [0.25, 0.3) is 0 Å². The van der Waals surface area contributed by atoms with E-state index >= 15 is 0 Å². The Morgan fingerprint density at radius 2 is 1.93 bits per heavy atom. The van der Waals surface area contributed by atoms with Crippen molar-refractivity contribution < 1.29 is 24.9 Å². The van der Waals surface area contributed by atoms with Gasteiger partial charge in [0, 0.05) is 12.3 Å². The third kappa shape index (κ3) is 2.37. The number of carbonyl (C=O) groups is 1. The largest absolute Gasteiger partial charge is 0.510 e. The summed E-state index contributed by atoms with van der Waals surface area (Å²) in [4.78, 5) is 11.6. The van der Waals surface area contributed by atoms with Crippen LogP contribution in [0.2, 0.25) is 0 Å². The van der Waals surface area contributed by atoms with Crippen molar-refractivity contribution in [2.45, 2.75) is 83.5 Å². The van der Waals surface area contributed by atoms with Gasteiger partial charge in [0.1, 0.15) is 18.0 Å². The van der Waals surface area contributed by atoms with Gasteiger partial charge in [0.2, 0.25) is 0 Å². The van der Waals surface area contributed by atoms with E-state index in [1.807, 2.05) is 0 Å². The third-order valence-electron chi connectivity index (χ3n) is 8.96. The highest BCUT2D eigenvalue weighted by Crippen LogP contribution is 2.68. The van der Waals surface area contributed by atoms with Gasteiger partial charge < -0.3 is 20.1 Å². The smallest absolute Gasteiger partial charge is 0.303 e. The van der Waals surface area contributed by atoms with Gasteiger partial charge in [0.15, 0.2) is 5.60 Å². The second kappa shape index (κ2) is 6.24. The summed E-state index contributed by atoms with van der Waals surface area (Å²) in [5, 5.41) is 32.1. The maximum absolute atomic E-state index is 11.6. The van der Waals surface area contributed by atoms with Crippen LogP contribution in [-0.2, 0) is 9.53 Å². The van der Waals surface area contributed by atoms with Gasteiger partial charge in [-0.1, -0.05) is 19.8 Å². The number of hydrogen-bond acceptors (Lipinski definition) is 5. The van der Waals surface area contributed by atoms with Crippen LogP contribution in [0.1, 0.15) is 65.7 Å². The zero-order chi connectivity index (χ0) is 20.5. The molecule has 5 heteroatoms. The molecule has 28 heavy (non-hydrogen) atoms. The Bertz CT molecular complexity index is 765. The monoisotopic (exact) mass is 388 g/mol. The lowest BCUT2D eigenvalue weighted by atomic mass is 9.46. The van der Waals surface area contributed by atoms with E-state index in [2.05, 4.69) is 19.8 Å². The highest BCUT2D eigenvalue weighted by Gasteiger charge is 2.68. The molecular weight excluding hydrogens is 356 g/mol. The Labute approximate surface area is 167 Å². The Balaban J connectivity index is 1.71. The molecular formula is C23H32O5. The molecule has 0 saturated heterocycles. The van der Waals surface area contributed by atoms with Gasteiger partial charge in [-0.25, -0.2) is 0 Å². The van der Waals surface area contributed by atoms with Crippen LogP contribution in [0.15, 0.2) is 11.3 Å². The number of hydrogen-bond donors (Lipinski definition) is 3. The first-order chi connectivity index (χ1) is 13.1. The summed E-state index contributed by atoms with van der Waals surface area (Å²) < 4.78 is 5.50. The third-order valence-corrected chi connectivity index (χ3v) is 8.96. The minimum Gasteiger partial charge on any atom is -0.510 e. The van der Waals surface area contributed by atoms with E-state index in [4.69, 9.17) is 11.2 Å². The number of fused-ring (bicyclic) bond motifs is 5. The number of esters is 1. The fourth-order valence-corrected chi connectivity index (χ4v) is 7.42. The van der Waals surface area contributed by atoms with Crippen molar-refractivity contribution >= 4 is 5.97 Å². The van der Waals surface area contributed by atoms with E-state index in [-0.39, 0.29) is 17.1 Å². The van der Waals surface area contributed by atoms with Crippen LogP contribution >= 0.6 is 0 Å². The van der Waals surface area contributed by atoms with Gasteiger partial charge >= 0.3 is 5.97 Å². The topological polar surface area (TPSA) is 87.0 Å². The minimum atomic E-state index is -1.45. The van der Waals surface area contributed by atoms with Crippen molar-refractivity contribution in [3.8, 4) is 12.3 Å². The molecule has 154 valence electrons. The highest BCUT2D eigenvalue weighted by molar-refractivity contribution is 5.66. The normalized spacial score (nSPS) is 50.2. The van der Waals surface area contributed by atoms with E-state index in [1.165, 1.54) is 6.92 Å². The molecule has 0 aliphatic heterocycles. The summed E-state index contributed by atoms with van der Waals surface area (Å²) in [6, 6.07) is 0. The van der Waals surface area contributed by atoms with Gasteiger partial charge in [-0.15, -0.1) is 6.42 Å². The summed E-state index contributed by atoms with van der Waals surface area (Å²) in [7, 11) is 0. The molecule has 3 N–H and O–H groups in total. The molecule has 0 unspecified atom stereocenters. The molecule has 0 bridgehead atoms. The molecule has 4 aliphatic rings. The SMILES string of the molecule is C#C[C@@]1(O)[C@H](OC(C)=O)C[C@H]2[C@@H]3CCC4=C(O)[C@H](O)CC[C@]4(C)[C@H]3CC[C@@]21C. The summed E-state index contributed by atoms with van der Waals surface area (Å²) in [5.41, 5.74) is -1.04. The first-order valence-corrected chi connectivity index (χ1v) is 10.6. The standard InChI is InChI=1S/C23H32O5/c1-5-23(27)19(28-13(2)24)12-17-14-6-7-16-20(26)18(25)9-10-21(16,3)15(14)8-11-22(17,23)4/h1,14-15,17-19,25-27H,6-12H2,2-4H3/t14-,15+,17+,18-,19-,21-,22+,23-/m1/s1. The van der Waals surface area contributed by atoms with Gasteiger partial charge in [-0.3, -0.25) is 4.79 Å². The van der Waals surface area contributed by atoms with Crippen LogP contribution in [0.25, 0.3) is 0 Å². The molecule has 0 aromatic rings. The van der Waals surface area contributed by atoms with Crippen molar-refractivity contribution in [3.05, 3.63) is 11.3 Å². The van der Waals surface area contributed by atoms with Gasteiger partial charge in [-0.2, -0.15) is 0 Å². The summed E-state index contributed by atoms with van der Waals surface area (Å²) in [6.45, 7) is 5.65. The van der Waals surface area contributed by atoms with Crippen molar-refractivity contribution in [3.63, 3.8) is 0 Å². The van der Waals surface area contributed by atoms with Crippen LogP contribution < -0.4 is 0 Å². The fraction of sp³-hybridized carbons (Fsp3) is 0.783. The second-order valence-electron chi connectivity index (χ2n) is 9.95.